The molecule has 1 aliphatic heterocycles. The van der Waals surface area contributed by atoms with Crippen LogP contribution in [-0.4, -0.2) is 36.0 Å². The van der Waals surface area contributed by atoms with Crippen molar-refractivity contribution >= 4 is 34.0 Å². The molecule has 0 saturated carbocycles. The third-order valence-corrected chi connectivity index (χ3v) is 5.64. The van der Waals surface area contributed by atoms with Crippen LogP contribution in [0, 0.1) is 0 Å². The minimum Gasteiger partial charge on any atom is -0.479 e. The molecule has 2 heterocycles. The smallest absolute Gasteiger partial charge is 0.268 e. The van der Waals surface area contributed by atoms with Crippen molar-refractivity contribution in [2.75, 3.05) is 22.9 Å². The van der Waals surface area contributed by atoms with E-state index in [1.807, 2.05) is 47.8 Å². The normalized spacial score (nSPS) is 15.3. The summed E-state index contributed by atoms with van der Waals surface area (Å²) in [6.45, 7) is 5.65. The van der Waals surface area contributed by atoms with Crippen LogP contribution in [0.1, 0.15) is 6.92 Å². The molecule has 2 aromatic carbocycles. The number of thiazole rings is 1. The van der Waals surface area contributed by atoms with E-state index in [0.29, 0.717) is 23.1 Å². The summed E-state index contributed by atoms with van der Waals surface area (Å²) in [6, 6.07) is 17.0. The number of hydrogen-bond donors (Lipinski definition) is 0. The van der Waals surface area contributed by atoms with Gasteiger partial charge in [-0.1, -0.05) is 48.5 Å². The molecular weight excluding hydrogens is 398 g/mol. The number of rotatable bonds is 6. The van der Waals surface area contributed by atoms with E-state index in [-0.39, 0.29) is 18.4 Å². The molecule has 30 heavy (non-hydrogen) atoms. The van der Waals surface area contributed by atoms with Crippen LogP contribution in [0.3, 0.4) is 0 Å². The highest BCUT2D eigenvalue weighted by molar-refractivity contribution is 7.14. The summed E-state index contributed by atoms with van der Waals surface area (Å²) in [5, 5.41) is 2.49. The minimum absolute atomic E-state index is 0.0996. The van der Waals surface area contributed by atoms with Gasteiger partial charge in [-0.15, -0.1) is 17.9 Å². The Morgan fingerprint density at radius 3 is 2.73 bits per heavy atom. The van der Waals surface area contributed by atoms with Crippen molar-refractivity contribution < 1.29 is 14.3 Å². The number of amides is 2. The summed E-state index contributed by atoms with van der Waals surface area (Å²) in [5.41, 5.74) is 2.38. The van der Waals surface area contributed by atoms with Crippen LogP contribution in [0.2, 0.25) is 0 Å². The molecule has 0 N–H and O–H groups in total. The Morgan fingerprint density at radius 1 is 1.23 bits per heavy atom. The quantitative estimate of drug-likeness (QED) is 0.563. The van der Waals surface area contributed by atoms with E-state index in [2.05, 4.69) is 11.6 Å². The van der Waals surface area contributed by atoms with Crippen molar-refractivity contribution in [1.82, 2.24) is 4.98 Å². The molecule has 1 unspecified atom stereocenters. The van der Waals surface area contributed by atoms with Gasteiger partial charge in [-0.3, -0.25) is 19.4 Å². The van der Waals surface area contributed by atoms with Gasteiger partial charge in [0.25, 0.3) is 5.91 Å². The monoisotopic (exact) mass is 419 g/mol. The molecule has 3 aromatic rings. The maximum Gasteiger partial charge on any atom is 0.268 e. The first-order valence-corrected chi connectivity index (χ1v) is 10.5. The summed E-state index contributed by atoms with van der Waals surface area (Å²) in [7, 11) is 0. The van der Waals surface area contributed by atoms with Crippen LogP contribution < -0.4 is 14.5 Å². The fourth-order valence-corrected chi connectivity index (χ4v) is 4.15. The molecular formula is C23H21N3O3S. The number of fused-ring (bicyclic) bond motifs is 1. The molecule has 1 aliphatic rings. The Balaban J connectivity index is 1.60. The second-order valence-electron chi connectivity index (χ2n) is 6.83. The number of para-hydroxylation sites is 2. The molecule has 4 rings (SSSR count). The molecule has 0 aliphatic carbocycles. The SMILES string of the molecule is C=CCN(C(=O)CN1C(=O)C(C)Oc2ccccc21)c1nc(-c2ccccc2)cs1. The second kappa shape index (κ2) is 8.51. The second-order valence-corrected chi connectivity index (χ2v) is 7.66. The average Bonchev–Trinajstić information content (AvgIpc) is 3.25. The van der Waals surface area contributed by atoms with Crippen LogP contribution in [0.5, 0.6) is 5.75 Å². The van der Waals surface area contributed by atoms with Crippen molar-refractivity contribution in [3.05, 3.63) is 72.6 Å². The summed E-state index contributed by atoms with van der Waals surface area (Å²) in [6.07, 6.45) is 1.00. The molecule has 0 bridgehead atoms. The molecule has 1 atom stereocenters. The Hall–Kier alpha value is -3.45. The predicted molar refractivity (Wildman–Crippen MR) is 119 cm³/mol. The van der Waals surface area contributed by atoms with Gasteiger partial charge in [0.05, 0.1) is 11.4 Å². The van der Waals surface area contributed by atoms with Gasteiger partial charge in [0, 0.05) is 17.5 Å². The predicted octanol–water partition coefficient (Wildman–Crippen LogP) is 4.14. The lowest BCUT2D eigenvalue weighted by Gasteiger charge is -2.33. The average molecular weight is 420 g/mol. The zero-order valence-corrected chi connectivity index (χ0v) is 17.3. The maximum absolute atomic E-state index is 13.2. The lowest BCUT2D eigenvalue weighted by atomic mass is 10.2. The van der Waals surface area contributed by atoms with E-state index in [9.17, 15) is 9.59 Å². The fraction of sp³-hybridized carbons (Fsp3) is 0.174. The fourth-order valence-electron chi connectivity index (χ4n) is 3.29. The van der Waals surface area contributed by atoms with Crippen LogP contribution in [-0.2, 0) is 9.59 Å². The van der Waals surface area contributed by atoms with E-state index in [0.717, 1.165) is 11.3 Å². The van der Waals surface area contributed by atoms with Gasteiger partial charge < -0.3 is 4.74 Å². The highest BCUT2D eigenvalue weighted by Gasteiger charge is 2.34. The van der Waals surface area contributed by atoms with Crippen LogP contribution in [0.15, 0.2) is 72.6 Å². The first-order chi connectivity index (χ1) is 14.6. The van der Waals surface area contributed by atoms with Crippen LogP contribution in [0.25, 0.3) is 11.3 Å². The molecule has 1 aromatic heterocycles. The topological polar surface area (TPSA) is 62.7 Å². The summed E-state index contributed by atoms with van der Waals surface area (Å²) < 4.78 is 5.66. The first kappa shape index (κ1) is 19.8. The molecule has 6 nitrogen and oxygen atoms in total. The highest BCUT2D eigenvalue weighted by atomic mass is 32.1. The molecule has 0 radical (unpaired) electrons. The number of benzene rings is 2. The van der Waals surface area contributed by atoms with Crippen LogP contribution >= 0.6 is 11.3 Å². The van der Waals surface area contributed by atoms with Gasteiger partial charge >= 0.3 is 0 Å². The van der Waals surface area contributed by atoms with E-state index in [1.54, 1.807) is 30.0 Å². The lowest BCUT2D eigenvalue weighted by Crippen LogP contribution is -2.49. The summed E-state index contributed by atoms with van der Waals surface area (Å²) in [5.74, 6) is 0.110. The molecule has 0 saturated heterocycles. The minimum atomic E-state index is -0.648. The first-order valence-electron chi connectivity index (χ1n) is 9.57. The van der Waals surface area contributed by atoms with Crippen LogP contribution in [0.4, 0.5) is 10.8 Å². The van der Waals surface area contributed by atoms with Crippen molar-refractivity contribution in [1.29, 1.82) is 0 Å². The van der Waals surface area contributed by atoms with Crippen molar-refractivity contribution in [3.8, 4) is 17.0 Å². The Kier molecular flexibility index (Phi) is 5.63. The number of nitrogens with zero attached hydrogens (tertiary/aromatic N) is 3. The molecule has 0 spiro atoms. The maximum atomic E-state index is 13.2. The van der Waals surface area contributed by atoms with Gasteiger partial charge in [-0.05, 0) is 19.1 Å². The summed E-state index contributed by atoms with van der Waals surface area (Å²) in [4.78, 5) is 33.6. The van der Waals surface area contributed by atoms with Crippen molar-refractivity contribution in [2.24, 2.45) is 0 Å². The third kappa shape index (κ3) is 3.84. The Bertz CT molecular complexity index is 1080. The third-order valence-electron chi connectivity index (χ3n) is 4.77. The lowest BCUT2D eigenvalue weighted by molar-refractivity contribution is -0.127. The van der Waals surface area contributed by atoms with Crippen molar-refractivity contribution in [3.63, 3.8) is 0 Å². The number of carbonyl (C=O) groups is 2. The number of aromatic nitrogens is 1. The van der Waals surface area contributed by atoms with Gasteiger partial charge in [-0.25, -0.2) is 4.98 Å². The van der Waals surface area contributed by atoms with Crippen molar-refractivity contribution in [2.45, 2.75) is 13.0 Å². The summed E-state index contributed by atoms with van der Waals surface area (Å²) >= 11 is 1.39. The number of hydrogen-bond acceptors (Lipinski definition) is 5. The number of ether oxygens (including phenoxy) is 1. The van der Waals surface area contributed by atoms with Gasteiger partial charge in [0.15, 0.2) is 11.2 Å². The van der Waals surface area contributed by atoms with E-state index >= 15 is 0 Å². The largest absolute Gasteiger partial charge is 0.479 e. The molecule has 7 heteroatoms. The Labute approximate surface area is 179 Å². The van der Waals surface area contributed by atoms with Gasteiger partial charge in [-0.2, -0.15) is 0 Å². The number of anilines is 2. The number of carbonyl (C=O) groups excluding carboxylic acids is 2. The standard InChI is InChI=1S/C23H21N3O3S/c1-3-13-25(23-24-18(15-30-23)17-9-5-4-6-10-17)21(27)14-26-19-11-7-8-12-20(19)29-16(2)22(26)28/h3-12,15-16H,1,13-14H2,2H3. The van der Waals surface area contributed by atoms with E-state index in [4.69, 9.17) is 4.74 Å². The highest BCUT2D eigenvalue weighted by Crippen LogP contribution is 2.34. The Morgan fingerprint density at radius 2 is 1.97 bits per heavy atom. The van der Waals surface area contributed by atoms with Gasteiger partial charge in [0.1, 0.15) is 12.3 Å². The van der Waals surface area contributed by atoms with E-state index in [1.165, 1.54) is 16.2 Å². The van der Waals surface area contributed by atoms with Gasteiger partial charge in [0.2, 0.25) is 5.91 Å². The zero-order valence-electron chi connectivity index (χ0n) is 16.5. The molecule has 2 amide bonds. The molecule has 0 fully saturated rings. The zero-order chi connectivity index (χ0) is 21.1. The molecule has 152 valence electrons. The van der Waals surface area contributed by atoms with E-state index < -0.39 is 6.10 Å².